The second kappa shape index (κ2) is 5.69. The number of hydrogen-bond acceptors (Lipinski definition) is 2. The van der Waals surface area contributed by atoms with E-state index in [0.717, 1.165) is 19.3 Å². The van der Waals surface area contributed by atoms with E-state index in [1.807, 2.05) is 6.08 Å². The smallest absolute Gasteiger partial charge is 0.336 e. The van der Waals surface area contributed by atoms with Gasteiger partial charge in [-0.25, -0.2) is 4.79 Å². The van der Waals surface area contributed by atoms with Gasteiger partial charge in [-0.3, -0.25) is 4.79 Å². The van der Waals surface area contributed by atoms with Gasteiger partial charge in [-0.1, -0.05) is 18.2 Å². The lowest BCUT2D eigenvalue weighted by molar-refractivity contribution is -0.120. The van der Waals surface area contributed by atoms with Crippen LogP contribution in [0.2, 0.25) is 0 Å². The number of carbonyl (C=O) groups excluding carboxylic acids is 1. The molecule has 0 spiro atoms. The van der Waals surface area contributed by atoms with Crippen molar-refractivity contribution < 1.29 is 14.7 Å². The normalized spacial score (nSPS) is 18.1. The Morgan fingerprint density at radius 2 is 2.11 bits per heavy atom. The molecule has 0 radical (unpaired) electrons. The average molecular weight is 259 g/mol. The van der Waals surface area contributed by atoms with Crippen LogP contribution in [0.4, 0.5) is 5.69 Å². The number of anilines is 1. The minimum Gasteiger partial charge on any atom is -0.478 e. The number of benzene rings is 1. The van der Waals surface area contributed by atoms with E-state index in [1.165, 1.54) is 6.07 Å². The van der Waals surface area contributed by atoms with Crippen LogP contribution in [0.25, 0.3) is 0 Å². The van der Waals surface area contributed by atoms with Crippen LogP contribution < -0.4 is 5.32 Å². The quantitative estimate of drug-likeness (QED) is 0.820. The lowest BCUT2D eigenvalue weighted by atomic mass is 9.93. The van der Waals surface area contributed by atoms with E-state index in [-0.39, 0.29) is 17.4 Å². The van der Waals surface area contributed by atoms with Gasteiger partial charge in [0.25, 0.3) is 0 Å². The lowest BCUT2D eigenvalue weighted by Gasteiger charge is -2.18. The minimum atomic E-state index is -0.978. The highest BCUT2D eigenvalue weighted by Crippen LogP contribution is 2.23. The fraction of sp³-hybridized carbons (Fsp3) is 0.333. The molecule has 100 valence electrons. The predicted octanol–water partition coefficient (Wildman–Crippen LogP) is 2.99. The standard InChI is InChI=1S/C15H17NO3/c1-10-12(15(18)19)8-5-9-13(10)16-14(17)11-6-3-2-4-7-11/h2-3,5,8-9,11H,4,6-7H2,1H3,(H,16,17)(H,18,19). The molecule has 4 nitrogen and oxygen atoms in total. The third-order valence-corrected chi connectivity index (χ3v) is 3.46. The molecule has 2 N–H and O–H groups in total. The van der Waals surface area contributed by atoms with E-state index in [1.54, 1.807) is 19.1 Å². The van der Waals surface area contributed by atoms with Crippen LogP contribution in [0, 0.1) is 12.8 Å². The highest BCUT2D eigenvalue weighted by atomic mass is 16.4. The van der Waals surface area contributed by atoms with Crippen LogP contribution in [-0.2, 0) is 4.79 Å². The van der Waals surface area contributed by atoms with Gasteiger partial charge in [0.2, 0.25) is 5.91 Å². The lowest BCUT2D eigenvalue weighted by Crippen LogP contribution is -2.24. The number of carboxylic acids is 1. The van der Waals surface area contributed by atoms with Crippen LogP contribution >= 0.6 is 0 Å². The highest BCUT2D eigenvalue weighted by molar-refractivity contribution is 5.97. The summed E-state index contributed by atoms with van der Waals surface area (Å²) in [6, 6.07) is 4.92. The van der Waals surface area contributed by atoms with Gasteiger partial charge in [-0.15, -0.1) is 0 Å². The first-order chi connectivity index (χ1) is 9.09. The summed E-state index contributed by atoms with van der Waals surface area (Å²) in [5, 5.41) is 11.9. The van der Waals surface area contributed by atoms with Gasteiger partial charge in [0.05, 0.1) is 5.56 Å². The second-order valence-electron chi connectivity index (χ2n) is 4.75. The Labute approximate surface area is 112 Å². The number of allylic oxidation sites excluding steroid dienone is 2. The Kier molecular flexibility index (Phi) is 4.00. The Morgan fingerprint density at radius 1 is 1.32 bits per heavy atom. The molecule has 0 aliphatic heterocycles. The summed E-state index contributed by atoms with van der Waals surface area (Å²) in [4.78, 5) is 23.1. The molecule has 0 saturated carbocycles. The van der Waals surface area contributed by atoms with Gasteiger partial charge >= 0.3 is 5.97 Å². The summed E-state index contributed by atoms with van der Waals surface area (Å²) in [7, 11) is 0. The molecule has 19 heavy (non-hydrogen) atoms. The number of amides is 1. The largest absolute Gasteiger partial charge is 0.478 e. The summed E-state index contributed by atoms with van der Waals surface area (Å²) in [6.07, 6.45) is 6.63. The van der Waals surface area contributed by atoms with Gasteiger partial charge in [0.1, 0.15) is 0 Å². The predicted molar refractivity (Wildman–Crippen MR) is 73.2 cm³/mol. The minimum absolute atomic E-state index is 0.0158. The molecule has 0 saturated heterocycles. The molecule has 1 atom stereocenters. The van der Waals surface area contributed by atoms with Crippen molar-refractivity contribution in [3.05, 3.63) is 41.5 Å². The average Bonchev–Trinajstić information content (AvgIpc) is 2.41. The van der Waals surface area contributed by atoms with Gasteiger partial charge in [-0.2, -0.15) is 0 Å². The van der Waals surface area contributed by atoms with Crippen molar-refractivity contribution in [2.45, 2.75) is 26.2 Å². The number of rotatable bonds is 3. The molecule has 0 aromatic heterocycles. The maximum Gasteiger partial charge on any atom is 0.336 e. The number of hydrogen-bond donors (Lipinski definition) is 2. The summed E-state index contributed by atoms with van der Waals surface area (Å²) in [6.45, 7) is 1.71. The molecule has 0 fully saturated rings. The van der Waals surface area contributed by atoms with Crippen LogP contribution in [0.5, 0.6) is 0 Å². The Hall–Kier alpha value is -2.10. The zero-order valence-electron chi connectivity index (χ0n) is 10.8. The molecule has 1 unspecified atom stereocenters. The third kappa shape index (κ3) is 3.02. The summed E-state index contributed by atoms with van der Waals surface area (Å²) < 4.78 is 0. The summed E-state index contributed by atoms with van der Waals surface area (Å²) >= 11 is 0. The van der Waals surface area contributed by atoms with Gasteiger partial charge in [0.15, 0.2) is 0 Å². The first-order valence-corrected chi connectivity index (χ1v) is 6.38. The van der Waals surface area contributed by atoms with Crippen molar-refractivity contribution in [2.24, 2.45) is 5.92 Å². The van der Waals surface area contributed by atoms with Crippen molar-refractivity contribution in [1.29, 1.82) is 0 Å². The molecular weight excluding hydrogens is 242 g/mol. The highest BCUT2D eigenvalue weighted by Gasteiger charge is 2.20. The first-order valence-electron chi connectivity index (χ1n) is 6.38. The Morgan fingerprint density at radius 3 is 2.74 bits per heavy atom. The molecule has 1 aromatic carbocycles. The van der Waals surface area contributed by atoms with Crippen LogP contribution in [0.3, 0.4) is 0 Å². The SMILES string of the molecule is Cc1c(NC(=O)C2CC=CCC2)cccc1C(=O)O. The molecule has 4 heteroatoms. The van der Waals surface area contributed by atoms with Crippen molar-refractivity contribution in [3.63, 3.8) is 0 Å². The molecular formula is C15H17NO3. The fourth-order valence-electron chi connectivity index (χ4n) is 2.27. The molecule has 0 bridgehead atoms. The maximum atomic E-state index is 12.1. The fourth-order valence-corrected chi connectivity index (χ4v) is 2.27. The Balaban J connectivity index is 2.15. The third-order valence-electron chi connectivity index (χ3n) is 3.46. The van der Waals surface area contributed by atoms with Crippen molar-refractivity contribution in [1.82, 2.24) is 0 Å². The zero-order valence-corrected chi connectivity index (χ0v) is 10.8. The number of carbonyl (C=O) groups is 2. The van der Waals surface area contributed by atoms with Crippen molar-refractivity contribution in [2.75, 3.05) is 5.32 Å². The Bertz CT molecular complexity index is 534. The van der Waals surface area contributed by atoms with E-state index < -0.39 is 5.97 Å². The van der Waals surface area contributed by atoms with Crippen LogP contribution in [-0.4, -0.2) is 17.0 Å². The van der Waals surface area contributed by atoms with Crippen molar-refractivity contribution in [3.8, 4) is 0 Å². The van der Waals surface area contributed by atoms with E-state index in [2.05, 4.69) is 11.4 Å². The number of nitrogens with one attached hydrogen (secondary N) is 1. The number of aromatic carboxylic acids is 1. The van der Waals surface area contributed by atoms with E-state index in [4.69, 9.17) is 5.11 Å². The van der Waals surface area contributed by atoms with Gasteiger partial charge in [0, 0.05) is 11.6 Å². The molecule has 2 rings (SSSR count). The van der Waals surface area contributed by atoms with Gasteiger partial charge in [-0.05, 0) is 43.9 Å². The molecule has 1 amide bonds. The first kappa shape index (κ1) is 13.3. The number of carboxylic acid groups (broad SMARTS) is 1. The zero-order chi connectivity index (χ0) is 13.8. The maximum absolute atomic E-state index is 12.1. The molecule has 1 aliphatic carbocycles. The van der Waals surface area contributed by atoms with E-state index in [0.29, 0.717) is 11.3 Å². The van der Waals surface area contributed by atoms with Crippen LogP contribution in [0.15, 0.2) is 30.4 Å². The summed E-state index contributed by atoms with van der Waals surface area (Å²) in [5.74, 6) is -1.03. The van der Waals surface area contributed by atoms with Crippen molar-refractivity contribution >= 4 is 17.6 Å². The molecule has 0 heterocycles. The monoisotopic (exact) mass is 259 g/mol. The van der Waals surface area contributed by atoms with Gasteiger partial charge < -0.3 is 10.4 Å². The molecule has 1 aromatic rings. The van der Waals surface area contributed by atoms with E-state index in [9.17, 15) is 9.59 Å². The second-order valence-corrected chi connectivity index (χ2v) is 4.75. The summed E-state index contributed by atoms with van der Waals surface area (Å²) in [5.41, 5.74) is 1.40. The van der Waals surface area contributed by atoms with Crippen LogP contribution in [0.1, 0.15) is 35.2 Å². The molecule has 1 aliphatic rings. The topological polar surface area (TPSA) is 66.4 Å². The van der Waals surface area contributed by atoms with E-state index >= 15 is 0 Å².